The van der Waals surface area contributed by atoms with Gasteiger partial charge in [0.2, 0.25) is 5.91 Å². The van der Waals surface area contributed by atoms with Crippen molar-refractivity contribution in [1.29, 1.82) is 0 Å². The third kappa shape index (κ3) is 4.92. The van der Waals surface area contributed by atoms with Crippen molar-refractivity contribution in [1.82, 2.24) is 5.32 Å². The number of nitrogens with zero attached hydrogens (tertiary/aromatic N) is 1. The van der Waals surface area contributed by atoms with E-state index in [0.717, 1.165) is 38.1 Å². The minimum atomic E-state index is 0.0241. The summed E-state index contributed by atoms with van der Waals surface area (Å²) in [7, 11) is 0. The van der Waals surface area contributed by atoms with Gasteiger partial charge in [-0.25, -0.2) is 0 Å². The maximum atomic E-state index is 12.2. The van der Waals surface area contributed by atoms with Gasteiger partial charge in [-0.3, -0.25) is 9.79 Å². The monoisotopic (exact) mass is 278 g/mol. The summed E-state index contributed by atoms with van der Waals surface area (Å²) in [5.74, 6) is 1.07. The van der Waals surface area contributed by atoms with Crippen LogP contribution in [-0.4, -0.2) is 24.7 Å². The summed E-state index contributed by atoms with van der Waals surface area (Å²) >= 11 is 0. The summed E-state index contributed by atoms with van der Waals surface area (Å²) in [5.41, 5.74) is 0.430. The van der Waals surface area contributed by atoms with E-state index in [4.69, 9.17) is 0 Å². The number of hydrogen-bond donors (Lipinski definition) is 1. The van der Waals surface area contributed by atoms with E-state index in [9.17, 15) is 4.79 Å². The highest BCUT2D eigenvalue weighted by Gasteiger charge is 2.27. The van der Waals surface area contributed by atoms with Crippen molar-refractivity contribution in [3.63, 3.8) is 0 Å². The lowest BCUT2D eigenvalue weighted by Gasteiger charge is -2.33. The van der Waals surface area contributed by atoms with Crippen LogP contribution in [0.5, 0.6) is 0 Å². The van der Waals surface area contributed by atoms with Crippen molar-refractivity contribution >= 4 is 12.1 Å². The second kappa shape index (κ2) is 6.73. The summed E-state index contributed by atoms with van der Waals surface area (Å²) in [6.07, 6.45) is 10.0. The smallest absolute Gasteiger partial charge is 0.228 e. The fraction of sp³-hybridized carbons (Fsp3) is 0.882. The molecule has 1 heterocycles. The van der Waals surface area contributed by atoms with Crippen molar-refractivity contribution in [3.8, 4) is 0 Å². The fourth-order valence-corrected chi connectivity index (χ4v) is 3.56. The van der Waals surface area contributed by atoms with Gasteiger partial charge in [0.25, 0.3) is 0 Å². The Morgan fingerprint density at radius 1 is 1.20 bits per heavy atom. The number of carbonyl (C=O) groups excluding carboxylic acids is 1. The third-order valence-corrected chi connectivity index (χ3v) is 4.52. The van der Waals surface area contributed by atoms with E-state index in [1.54, 1.807) is 0 Å². The number of carbonyl (C=O) groups is 1. The summed E-state index contributed by atoms with van der Waals surface area (Å²) < 4.78 is 0. The molecule has 0 saturated heterocycles. The molecule has 1 saturated carbocycles. The first kappa shape index (κ1) is 15.5. The zero-order chi connectivity index (χ0) is 14.6. The molecule has 20 heavy (non-hydrogen) atoms. The summed E-state index contributed by atoms with van der Waals surface area (Å²) in [5, 5.41) is 3.24. The quantitative estimate of drug-likeness (QED) is 0.842. The van der Waals surface area contributed by atoms with Gasteiger partial charge >= 0.3 is 0 Å². The van der Waals surface area contributed by atoms with Crippen LogP contribution >= 0.6 is 0 Å². The maximum absolute atomic E-state index is 12.2. The first-order valence-electron chi connectivity index (χ1n) is 8.24. The van der Waals surface area contributed by atoms with E-state index < -0.39 is 0 Å². The predicted octanol–water partition coefficient (Wildman–Crippen LogP) is 3.58. The molecule has 1 atom stereocenters. The molecule has 1 amide bonds. The maximum Gasteiger partial charge on any atom is 0.228 e. The van der Waals surface area contributed by atoms with Crippen molar-refractivity contribution in [2.45, 2.75) is 71.8 Å². The molecule has 3 nitrogen and oxygen atoms in total. The van der Waals surface area contributed by atoms with Crippen LogP contribution < -0.4 is 5.32 Å². The van der Waals surface area contributed by atoms with E-state index in [-0.39, 0.29) is 11.8 Å². The number of hydrogen-bond acceptors (Lipinski definition) is 2. The van der Waals surface area contributed by atoms with Crippen LogP contribution in [0.15, 0.2) is 4.99 Å². The predicted molar refractivity (Wildman–Crippen MR) is 84.0 cm³/mol. The first-order valence-corrected chi connectivity index (χ1v) is 8.24. The van der Waals surface area contributed by atoms with Crippen LogP contribution in [-0.2, 0) is 4.79 Å². The van der Waals surface area contributed by atoms with Gasteiger partial charge in [-0.05, 0) is 56.3 Å². The molecule has 0 spiro atoms. The second-order valence-electron chi connectivity index (χ2n) is 7.79. The van der Waals surface area contributed by atoms with Crippen LogP contribution in [0, 0.1) is 17.3 Å². The molecular weight excluding hydrogens is 248 g/mol. The van der Waals surface area contributed by atoms with Crippen LogP contribution in [0.2, 0.25) is 0 Å². The van der Waals surface area contributed by atoms with Crippen molar-refractivity contribution in [2.24, 2.45) is 22.2 Å². The molecule has 1 N–H and O–H groups in total. The number of rotatable bonds is 3. The Hall–Kier alpha value is -0.860. The molecule has 3 heteroatoms. The van der Waals surface area contributed by atoms with Gasteiger partial charge in [-0.15, -0.1) is 0 Å². The Morgan fingerprint density at radius 3 is 2.45 bits per heavy atom. The van der Waals surface area contributed by atoms with Gasteiger partial charge in [0, 0.05) is 18.8 Å². The van der Waals surface area contributed by atoms with Crippen molar-refractivity contribution < 1.29 is 4.79 Å². The normalized spacial score (nSPS) is 31.1. The molecule has 0 radical (unpaired) electrons. The lowest BCUT2D eigenvalue weighted by atomic mass is 9.76. The molecule has 114 valence electrons. The Balaban J connectivity index is 1.72. The molecule has 0 bridgehead atoms. The zero-order valence-electron chi connectivity index (χ0n) is 13.3. The Morgan fingerprint density at radius 2 is 1.90 bits per heavy atom. The summed E-state index contributed by atoms with van der Waals surface area (Å²) in [6.45, 7) is 7.86. The molecule has 2 aliphatic rings. The SMILES string of the molecule is CC(C)(C)C[C@H]1CC[C@H](NC(=O)C2C=NCCC2)CC1. The second-order valence-corrected chi connectivity index (χ2v) is 7.79. The van der Waals surface area contributed by atoms with Crippen molar-refractivity contribution in [2.75, 3.05) is 6.54 Å². The van der Waals surface area contributed by atoms with Crippen LogP contribution in [0.25, 0.3) is 0 Å². The van der Waals surface area contributed by atoms with Gasteiger partial charge in [-0.2, -0.15) is 0 Å². The van der Waals surface area contributed by atoms with Crippen LogP contribution in [0.1, 0.15) is 65.7 Å². The topological polar surface area (TPSA) is 41.5 Å². The summed E-state index contributed by atoms with van der Waals surface area (Å²) in [6, 6.07) is 0.397. The molecule has 2 rings (SSSR count). The molecule has 0 aromatic rings. The average molecular weight is 278 g/mol. The number of aliphatic imine (C=N–C) groups is 1. The van der Waals surface area contributed by atoms with E-state index in [0.29, 0.717) is 11.5 Å². The fourth-order valence-electron chi connectivity index (χ4n) is 3.56. The first-order chi connectivity index (χ1) is 9.44. The van der Waals surface area contributed by atoms with E-state index >= 15 is 0 Å². The Labute approximate surface area is 123 Å². The number of nitrogens with one attached hydrogen (secondary N) is 1. The number of amides is 1. The lowest BCUT2D eigenvalue weighted by molar-refractivity contribution is -0.124. The average Bonchev–Trinajstić information content (AvgIpc) is 2.40. The molecule has 0 aromatic carbocycles. The molecule has 0 aromatic heterocycles. The van der Waals surface area contributed by atoms with Crippen LogP contribution in [0.4, 0.5) is 0 Å². The minimum Gasteiger partial charge on any atom is -0.353 e. The zero-order valence-corrected chi connectivity index (χ0v) is 13.3. The van der Waals surface area contributed by atoms with E-state index in [2.05, 4.69) is 31.1 Å². The van der Waals surface area contributed by atoms with Gasteiger partial charge in [0.05, 0.1) is 5.92 Å². The van der Waals surface area contributed by atoms with Crippen LogP contribution in [0.3, 0.4) is 0 Å². The molecular formula is C17H30N2O. The molecule has 1 fully saturated rings. The Bertz CT molecular complexity index is 348. The van der Waals surface area contributed by atoms with Gasteiger partial charge < -0.3 is 5.32 Å². The standard InChI is InChI=1S/C17H30N2O/c1-17(2,3)11-13-6-8-15(9-7-13)19-16(20)14-5-4-10-18-12-14/h12-15H,4-11H2,1-3H3,(H,19,20)/t13-,14?,15-. The molecule has 1 aliphatic carbocycles. The lowest BCUT2D eigenvalue weighted by Crippen LogP contribution is -2.42. The van der Waals surface area contributed by atoms with Gasteiger partial charge in [0.1, 0.15) is 0 Å². The molecule has 1 aliphatic heterocycles. The molecule has 1 unspecified atom stereocenters. The van der Waals surface area contributed by atoms with Gasteiger partial charge in [-0.1, -0.05) is 20.8 Å². The summed E-state index contributed by atoms with van der Waals surface area (Å²) in [4.78, 5) is 16.4. The highest BCUT2D eigenvalue weighted by atomic mass is 16.1. The highest BCUT2D eigenvalue weighted by molar-refractivity contribution is 5.93. The van der Waals surface area contributed by atoms with Crippen molar-refractivity contribution in [3.05, 3.63) is 0 Å². The minimum absolute atomic E-state index is 0.0241. The van der Waals surface area contributed by atoms with E-state index in [1.165, 1.54) is 19.3 Å². The van der Waals surface area contributed by atoms with Gasteiger partial charge in [0.15, 0.2) is 0 Å². The largest absolute Gasteiger partial charge is 0.353 e. The third-order valence-electron chi connectivity index (χ3n) is 4.52. The highest BCUT2D eigenvalue weighted by Crippen LogP contribution is 2.34. The Kier molecular flexibility index (Phi) is 5.22. The van der Waals surface area contributed by atoms with E-state index in [1.807, 2.05) is 6.21 Å².